The Balaban J connectivity index is 3.12. The molecule has 2 N–H and O–H groups in total. The second-order valence-electron chi connectivity index (χ2n) is 4.28. The largest absolute Gasteiger partial charge is 0.394 e. The molecule has 0 saturated heterocycles. The van der Waals surface area contributed by atoms with Crippen molar-refractivity contribution in [1.29, 1.82) is 0 Å². The maximum atomic E-state index is 11.9. The van der Waals surface area contributed by atoms with Gasteiger partial charge in [0.25, 0.3) is 11.6 Å². The summed E-state index contributed by atoms with van der Waals surface area (Å²) < 4.78 is 0. The molecule has 0 aliphatic heterocycles. The van der Waals surface area contributed by atoms with Gasteiger partial charge in [-0.25, -0.2) is 4.98 Å². The van der Waals surface area contributed by atoms with Crippen molar-refractivity contribution in [2.45, 2.75) is 19.4 Å². The minimum absolute atomic E-state index is 0.0208. The van der Waals surface area contributed by atoms with Crippen molar-refractivity contribution in [2.75, 3.05) is 6.61 Å². The molecule has 0 fully saturated rings. The van der Waals surface area contributed by atoms with Crippen LogP contribution in [0.2, 0.25) is 5.15 Å². The zero-order chi connectivity index (χ0) is 13.9. The highest BCUT2D eigenvalue weighted by atomic mass is 35.5. The van der Waals surface area contributed by atoms with E-state index < -0.39 is 22.1 Å². The molecule has 8 heteroatoms. The van der Waals surface area contributed by atoms with Gasteiger partial charge in [0, 0.05) is 0 Å². The number of nitro groups is 1. The molecule has 0 aliphatic carbocycles. The zero-order valence-electron chi connectivity index (χ0n) is 9.81. The average molecular weight is 274 g/mol. The van der Waals surface area contributed by atoms with Crippen LogP contribution >= 0.6 is 11.6 Å². The van der Waals surface area contributed by atoms with Gasteiger partial charge in [0.1, 0.15) is 16.9 Å². The molecule has 1 aromatic rings. The minimum atomic E-state index is -0.888. The number of hydrogen-bond donors (Lipinski definition) is 2. The number of nitrogens with zero attached hydrogens (tertiary/aromatic N) is 2. The Bertz CT molecular complexity index is 490. The van der Waals surface area contributed by atoms with Crippen LogP contribution in [0.5, 0.6) is 0 Å². The topological polar surface area (TPSA) is 105 Å². The molecule has 0 spiro atoms. The molecule has 1 aromatic heterocycles. The predicted molar refractivity (Wildman–Crippen MR) is 64.5 cm³/mol. The summed E-state index contributed by atoms with van der Waals surface area (Å²) in [4.78, 5) is 25.5. The van der Waals surface area contributed by atoms with Crippen molar-refractivity contribution >= 4 is 23.2 Å². The van der Waals surface area contributed by atoms with Crippen molar-refractivity contribution < 1.29 is 14.8 Å². The summed E-state index contributed by atoms with van der Waals surface area (Å²) in [6, 6.07) is 1.11. The molecule has 0 radical (unpaired) electrons. The van der Waals surface area contributed by atoms with Crippen LogP contribution in [-0.4, -0.2) is 33.1 Å². The molecule has 1 rings (SSSR count). The average Bonchev–Trinajstić information content (AvgIpc) is 2.28. The molecular formula is C10H12ClN3O4. The first kappa shape index (κ1) is 14.3. The van der Waals surface area contributed by atoms with Gasteiger partial charge in [-0.3, -0.25) is 14.9 Å². The molecule has 0 saturated carbocycles. The maximum absolute atomic E-state index is 11.9. The summed E-state index contributed by atoms with van der Waals surface area (Å²) in [5.41, 5.74) is -1.52. The fourth-order valence-electron chi connectivity index (χ4n) is 1.16. The highest BCUT2D eigenvalue weighted by Gasteiger charge is 2.26. The van der Waals surface area contributed by atoms with E-state index in [4.69, 9.17) is 16.7 Å². The Hall–Kier alpha value is -1.73. The standard InChI is InChI=1S/C10H12ClN3O4/c1-10(2,5-15)13-9(16)6-3-8(11)12-4-7(6)14(17)18/h3-4,15H,5H2,1-2H3,(H,13,16). The Morgan fingerprint density at radius 1 is 1.67 bits per heavy atom. The van der Waals surface area contributed by atoms with Crippen LogP contribution in [0.1, 0.15) is 24.2 Å². The Labute approximate surface area is 108 Å². The van der Waals surface area contributed by atoms with Gasteiger partial charge in [0.2, 0.25) is 0 Å². The molecule has 0 aromatic carbocycles. The molecule has 1 heterocycles. The first-order valence-electron chi connectivity index (χ1n) is 5.00. The Morgan fingerprint density at radius 3 is 2.78 bits per heavy atom. The minimum Gasteiger partial charge on any atom is -0.394 e. The van der Waals surface area contributed by atoms with E-state index in [0.29, 0.717) is 0 Å². The number of rotatable bonds is 4. The SMILES string of the molecule is CC(C)(CO)NC(=O)c1cc(Cl)ncc1[N+](=O)[O-]. The Morgan fingerprint density at radius 2 is 2.28 bits per heavy atom. The van der Waals surface area contributed by atoms with Crippen LogP contribution in [0.4, 0.5) is 5.69 Å². The van der Waals surface area contributed by atoms with Gasteiger partial charge in [-0.05, 0) is 19.9 Å². The third-order valence-electron chi connectivity index (χ3n) is 2.14. The summed E-state index contributed by atoms with van der Waals surface area (Å²) >= 11 is 5.61. The van der Waals surface area contributed by atoms with Crippen molar-refractivity contribution in [2.24, 2.45) is 0 Å². The van der Waals surface area contributed by atoms with Crippen molar-refractivity contribution in [3.8, 4) is 0 Å². The lowest BCUT2D eigenvalue weighted by Crippen LogP contribution is -2.46. The van der Waals surface area contributed by atoms with Gasteiger partial charge in [-0.1, -0.05) is 11.6 Å². The summed E-state index contributed by atoms with van der Waals surface area (Å²) in [5, 5.41) is 22.2. The van der Waals surface area contributed by atoms with E-state index in [1.807, 2.05) is 0 Å². The van der Waals surface area contributed by atoms with Gasteiger partial charge in [-0.2, -0.15) is 0 Å². The molecule has 0 aliphatic rings. The molecular weight excluding hydrogens is 262 g/mol. The first-order chi connectivity index (χ1) is 8.26. The number of pyridine rings is 1. The summed E-state index contributed by atoms with van der Waals surface area (Å²) in [5.74, 6) is -0.690. The smallest absolute Gasteiger partial charge is 0.300 e. The number of halogens is 1. The predicted octanol–water partition coefficient (Wildman–Crippen LogP) is 1.14. The lowest BCUT2D eigenvalue weighted by Gasteiger charge is -2.23. The first-order valence-corrected chi connectivity index (χ1v) is 5.38. The summed E-state index contributed by atoms with van der Waals surface area (Å²) in [6.45, 7) is 2.87. The number of aliphatic hydroxyl groups is 1. The molecule has 1 amide bonds. The monoisotopic (exact) mass is 273 g/mol. The fraction of sp³-hybridized carbons (Fsp3) is 0.400. The van der Waals surface area contributed by atoms with Crippen LogP contribution in [0.25, 0.3) is 0 Å². The molecule has 18 heavy (non-hydrogen) atoms. The van der Waals surface area contributed by atoms with E-state index in [9.17, 15) is 14.9 Å². The normalized spacial score (nSPS) is 11.1. The second-order valence-corrected chi connectivity index (χ2v) is 4.66. The lowest BCUT2D eigenvalue weighted by atomic mass is 10.1. The van der Waals surface area contributed by atoms with Crippen molar-refractivity contribution in [3.05, 3.63) is 33.1 Å². The number of carbonyl (C=O) groups is 1. The molecule has 0 atom stereocenters. The number of aliphatic hydroxyl groups excluding tert-OH is 1. The quantitative estimate of drug-likeness (QED) is 0.486. The number of nitrogens with one attached hydrogen (secondary N) is 1. The molecule has 7 nitrogen and oxygen atoms in total. The highest BCUT2D eigenvalue weighted by molar-refractivity contribution is 6.29. The highest BCUT2D eigenvalue weighted by Crippen LogP contribution is 2.20. The summed E-state index contributed by atoms with van der Waals surface area (Å²) in [6.07, 6.45) is 0.920. The number of carbonyl (C=O) groups excluding carboxylic acids is 1. The van der Waals surface area contributed by atoms with Crippen LogP contribution in [0.3, 0.4) is 0 Å². The zero-order valence-corrected chi connectivity index (χ0v) is 10.6. The van der Waals surface area contributed by atoms with E-state index in [2.05, 4.69) is 10.3 Å². The van der Waals surface area contributed by atoms with Crippen LogP contribution in [0.15, 0.2) is 12.3 Å². The van der Waals surface area contributed by atoms with E-state index >= 15 is 0 Å². The fourth-order valence-corrected chi connectivity index (χ4v) is 1.32. The Kier molecular flexibility index (Phi) is 4.20. The van der Waals surface area contributed by atoms with Gasteiger partial charge in [0.15, 0.2) is 0 Å². The number of amides is 1. The van der Waals surface area contributed by atoms with Crippen molar-refractivity contribution in [1.82, 2.24) is 10.3 Å². The van der Waals surface area contributed by atoms with Crippen LogP contribution < -0.4 is 5.32 Å². The van der Waals surface area contributed by atoms with E-state index in [1.165, 1.54) is 0 Å². The third-order valence-corrected chi connectivity index (χ3v) is 2.34. The van der Waals surface area contributed by atoms with E-state index in [0.717, 1.165) is 12.3 Å². The van der Waals surface area contributed by atoms with Crippen LogP contribution in [0, 0.1) is 10.1 Å². The number of hydrogen-bond acceptors (Lipinski definition) is 5. The van der Waals surface area contributed by atoms with Gasteiger partial charge in [-0.15, -0.1) is 0 Å². The number of aromatic nitrogens is 1. The maximum Gasteiger partial charge on any atom is 0.300 e. The third kappa shape index (κ3) is 3.38. The van der Waals surface area contributed by atoms with E-state index in [1.54, 1.807) is 13.8 Å². The van der Waals surface area contributed by atoms with Crippen molar-refractivity contribution in [3.63, 3.8) is 0 Å². The van der Waals surface area contributed by atoms with E-state index in [-0.39, 0.29) is 17.3 Å². The lowest BCUT2D eigenvalue weighted by molar-refractivity contribution is -0.385. The van der Waals surface area contributed by atoms with Crippen LogP contribution in [-0.2, 0) is 0 Å². The van der Waals surface area contributed by atoms with Gasteiger partial charge >= 0.3 is 0 Å². The van der Waals surface area contributed by atoms with Gasteiger partial charge in [0.05, 0.1) is 17.1 Å². The molecule has 98 valence electrons. The molecule has 0 bridgehead atoms. The van der Waals surface area contributed by atoms with Gasteiger partial charge < -0.3 is 10.4 Å². The summed E-state index contributed by atoms with van der Waals surface area (Å²) in [7, 11) is 0. The molecule has 0 unspecified atom stereocenters. The second kappa shape index (κ2) is 5.28.